The SMILES string of the molecule is O=C(c1nnc2n1CCNC2)N1CCCC1. The zero-order valence-electron chi connectivity index (χ0n) is 9.15. The Morgan fingerprint density at radius 3 is 2.81 bits per heavy atom. The number of rotatable bonds is 1. The number of carbonyl (C=O) groups is 1. The minimum Gasteiger partial charge on any atom is -0.336 e. The van der Waals surface area contributed by atoms with Crippen molar-refractivity contribution in [3.05, 3.63) is 11.6 Å². The molecule has 1 aromatic heterocycles. The fourth-order valence-corrected chi connectivity index (χ4v) is 2.31. The van der Waals surface area contributed by atoms with Crippen molar-refractivity contribution >= 4 is 5.91 Å². The standard InChI is InChI=1S/C10H15N5O/c16-10(14-4-1-2-5-14)9-13-12-8-7-11-3-6-15(8)9/h11H,1-7H2. The largest absolute Gasteiger partial charge is 0.336 e. The highest BCUT2D eigenvalue weighted by molar-refractivity contribution is 5.90. The first-order chi connectivity index (χ1) is 7.86. The van der Waals surface area contributed by atoms with Gasteiger partial charge in [0.1, 0.15) is 5.82 Å². The Hall–Kier alpha value is -1.43. The van der Waals surface area contributed by atoms with Crippen molar-refractivity contribution < 1.29 is 4.79 Å². The molecule has 6 nitrogen and oxygen atoms in total. The molecule has 1 N–H and O–H groups in total. The van der Waals surface area contributed by atoms with Crippen LogP contribution in [0.1, 0.15) is 29.3 Å². The molecule has 1 saturated heterocycles. The molecular formula is C10H15N5O. The van der Waals surface area contributed by atoms with Crippen LogP contribution in [0.4, 0.5) is 0 Å². The lowest BCUT2D eigenvalue weighted by atomic mass is 10.4. The molecule has 16 heavy (non-hydrogen) atoms. The average molecular weight is 221 g/mol. The van der Waals surface area contributed by atoms with Gasteiger partial charge in [-0.3, -0.25) is 4.79 Å². The van der Waals surface area contributed by atoms with E-state index < -0.39 is 0 Å². The van der Waals surface area contributed by atoms with Gasteiger partial charge in [-0.2, -0.15) is 0 Å². The van der Waals surface area contributed by atoms with Crippen molar-refractivity contribution in [1.29, 1.82) is 0 Å². The smallest absolute Gasteiger partial charge is 0.291 e. The van der Waals surface area contributed by atoms with Crippen LogP contribution in [-0.4, -0.2) is 45.2 Å². The van der Waals surface area contributed by atoms with Crippen molar-refractivity contribution in [3.8, 4) is 0 Å². The maximum absolute atomic E-state index is 12.2. The fraction of sp³-hybridized carbons (Fsp3) is 0.700. The van der Waals surface area contributed by atoms with Crippen LogP contribution in [0.15, 0.2) is 0 Å². The Balaban J connectivity index is 1.88. The van der Waals surface area contributed by atoms with Crippen LogP contribution < -0.4 is 5.32 Å². The lowest BCUT2D eigenvalue weighted by molar-refractivity contribution is 0.0774. The topological polar surface area (TPSA) is 63.1 Å². The summed E-state index contributed by atoms with van der Waals surface area (Å²) in [6, 6.07) is 0. The van der Waals surface area contributed by atoms with E-state index in [-0.39, 0.29) is 5.91 Å². The molecule has 1 amide bonds. The van der Waals surface area contributed by atoms with Crippen LogP contribution in [0.2, 0.25) is 0 Å². The summed E-state index contributed by atoms with van der Waals surface area (Å²) in [6.45, 7) is 4.10. The molecule has 0 radical (unpaired) electrons. The highest BCUT2D eigenvalue weighted by atomic mass is 16.2. The van der Waals surface area contributed by atoms with E-state index in [1.807, 2.05) is 9.47 Å². The second kappa shape index (κ2) is 3.86. The number of fused-ring (bicyclic) bond motifs is 1. The first-order valence-electron chi connectivity index (χ1n) is 5.78. The Labute approximate surface area is 93.6 Å². The predicted molar refractivity (Wildman–Crippen MR) is 56.9 cm³/mol. The van der Waals surface area contributed by atoms with E-state index in [9.17, 15) is 4.79 Å². The van der Waals surface area contributed by atoms with Crippen molar-refractivity contribution in [2.75, 3.05) is 19.6 Å². The molecule has 3 heterocycles. The molecule has 1 aromatic rings. The quantitative estimate of drug-likeness (QED) is 0.702. The van der Waals surface area contributed by atoms with Gasteiger partial charge < -0.3 is 14.8 Å². The van der Waals surface area contributed by atoms with Crippen LogP contribution in [0.5, 0.6) is 0 Å². The maximum atomic E-state index is 12.2. The third-order valence-corrected chi connectivity index (χ3v) is 3.21. The van der Waals surface area contributed by atoms with E-state index in [0.29, 0.717) is 12.4 Å². The van der Waals surface area contributed by atoms with E-state index in [4.69, 9.17) is 0 Å². The van der Waals surface area contributed by atoms with E-state index in [0.717, 1.165) is 44.8 Å². The molecule has 6 heteroatoms. The van der Waals surface area contributed by atoms with Gasteiger partial charge in [0.05, 0.1) is 6.54 Å². The van der Waals surface area contributed by atoms with Crippen LogP contribution >= 0.6 is 0 Å². The number of aromatic nitrogens is 3. The summed E-state index contributed by atoms with van der Waals surface area (Å²) in [4.78, 5) is 14.0. The van der Waals surface area contributed by atoms with Crippen molar-refractivity contribution in [2.45, 2.75) is 25.9 Å². The summed E-state index contributed by atoms with van der Waals surface area (Å²) in [7, 11) is 0. The second-order valence-corrected chi connectivity index (χ2v) is 4.27. The van der Waals surface area contributed by atoms with E-state index in [1.165, 1.54) is 0 Å². The molecule has 2 aliphatic heterocycles. The molecule has 0 spiro atoms. The van der Waals surface area contributed by atoms with Crippen LogP contribution in [0.25, 0.3) is 0 Å². The monoisotopic (exact) mass is 221 g/mol. The van der Waals surface area contributed by atoms with Gasteiger partial charge in [-0.15, -0.1) is 10.2 Å². The van der Waals surface area contributed by atoms with Crippen LogP contribution in [0, 0.1) is 0 Å². The number of likely N-dealkylation sites (tertiary alicyclic amines) is 1. The van der Waals surface area contributed by atoms with Crippen molar-refractivity contribution in [2.24, 2.45) is 0 Å². The molecule has 3 rings (SSSR count). The molecule has 0 unspecified atom stereocenters. The molecule has 0 bridgehead atoms. The van der Waals surface area contributed by atoms with Crippen molar-refractivity contribution in [3.63, 3.8) is 0 Å². The average Bonchev–Trinajstić information content (AvgIpc) is 2.98. The molecule has 86 valence electrons. The molecule has 0 aliphatic carbocycles. The molecular weight excluding hydrogens is 206 g/mol. The Morgan fingerprint density at radius 1 is 1.19 bits per heavy atom. The van der Waals surface area contributed by atoms with Gasteiger partial charge in [0, 0.05) is 26.2 Å². The van der Waals surface area contributed by atoms with Gasteiger partial charge >= 0.3 is 0 Å². The second-order valence-electron chi connectivity index (χ2n) is 4.27. The normalized spacial score (nSPS) is 19.9. The third-order valence-electron chi connectivity index (χ3n) is 3.21. The number of hydrogen-bond acceptors (Lipinski definition) is 4. The summed E-state index contributed by atoms with van der Waals surface area (Å²) in [6.07, 6.45) is 2.21. The first-order valence-corrected chi connectivity index (χ1v) is 5.78. The highest BCUT2D eigenvalue weighted by Crippen LogP contribution is 2.13. The summed E-state index contributed by atoms with van der Waals surface area (Å²) < 4.78 is 1.94. The Morgan fingerprint density at radius 2 is 2.00 bits per heavy atom. The number of nitrogens with zero attached hydrogens (tertiary/aromatic N) is 4. The zero-order valence-corrected chi connectivity index (χ0v) is 9.15. The first kappa shape index (κ1) is 9.77. The Bertz CT molecular complexity index is 407. The number of carbonyl (C=O) groups excluding carboxylic acids is 1. The molecule has 0 atom stereocenters. The molecule has 0 aromatic carbocycles. The summed E-state index contributed by atoms with van der Waals surface area (Å²) in [5.41, 5.74) is 0. The van der Waals surface area contributed by atoms with Gasteiger partial charge in [-0.05, 0) is 12.8 Å². The van der Waals surface area contributed by atoms with Crippen LogP contribution in [-0.2, 0) is 13.1 Å². The van der Waals surface area contributed by atoms with Crippen LogP contribution in [0.3, 0.4) is 0 Å². The number of amides is 1. The molecule has 1 fully saturated rings. The minimum atomic E-state index is 0.0400. The lowest BCUT2D eigenvalue weighted by Crippen LogP contribution is -2.34. The summed E-state index contributed by atoms with van der Waals surface area (Å²) in [5, 5.41) is 11.3. The molecule has 2 aliphatic rings. The fourth-order valence-electron chi connectivity index (χ4n) is 2.31. The minimum absolute atomic E-state index is 0.0400. The summed E-state index contributed by atoms with van der Waals surface area (Å²) in [5.74, 6) is 1.42. The lowest BCUT2D eigenvalue weighted by Gasteiger charge is -2.18. The van der Waals surface area contributed by atoms with Gasteiger partial charge in [-0.25, -0.2) is 0 Å². The summed E-state index contributed by atoms with van der Waals surface area (Å²) >= 11 is 0. The Kier molecular flexibility index (Phi) is 2.36. The molecule has 0 saturated carbocycles. The van der Waals surface area contributed by atoms with Gasteiger partial charge in [-0.1, -0.05) is 0 Å². The zero-order chi connectivity index (χ0) is 11.0. The number of hydrogen-bond donors (Lipinski definition) is 1. The van der Waals surface area contributed by atoms with Gasteiger partial charge in [0.2, 0.25) is 5.82 Å². The van der Waals surface area contributed by atoms with Crippen molar-refractivity contribution in [1.82, 2.24) is 25.0 Å². The number of nitrogens with one attached hydrogen (secondary N) is 1. The van der Waals surface area contributed by atoms with Gasteiger partial charge in [0.15, 0.2) is 0 Å². The predicted octanol–water partition coefficient (Wildman–Crippen LogP) is -0.383. The van der Waals surface area contributed by atoms with E-state index in [2.05, 4.69) is 15.5 Å². The van der Waals surface area contributed by atoms with E-state index in [1.54, 1.807) is 0 Å². The van der Waals surface area contributed by atoms with E-state index >= 15 is 0 Å². The maximum Gasteiger partial charge on any atom is 0.291 e. The van der Waals surface area contributed by atoms with Gasteiger partial charge in [0.25, 0.3) is 5.91 Å². The highest BCUT2D eigenvalue weighted by Gasteiger charge is 2.26. The third kappa shape index (κ3) is 1.49.